The number of hydrogen-bond donors (Lipinski definition) is 0. The van der Waals surface area contributed by atoms with Gasteiger partial charge in [0.05, 0.1) is 10.2 Å². The molecule has 0 amide bonds. The zero-order chi connectivity index (χ0) is 7.15. The van der Waals surface area contributed by atoms with Gasteiger partial charge in [0.15, 0.2) is 0 Å². The first-order valence-electron chi connectivity index (χ1n) is 1.10. The Morgan fingerprint density at radius 2 is 0.800 bits per heavy atom. The molecule has 0 unspecified atom stereocenters. The number of nitrogens with zero attached hydrogens (tertiary/aromatic N) is 2. The van der Waals surface area contributed by atoms with E-state index in [1.165, 1.54) is 0 Å². The molecule has 1 radical (unpaired) electrons. The monoisotopic (exact) mass is 245 g/mol. The van der Waals surface area contributed by atoms with Crippen molar-refractivity contribution in [1.29, 1.82) is 0 Å². The Labute approximate surface area is 74.8 Å². The second-order valence-corrected chi connectivity index (χ2v) is 0.447. The van der Waals surface area contributed by atoms with E-state index in [2.05, 4.69) is 0 Å². The Kier molecular flexibility index (Phi) is 35.9. The maximum Gasteiger partial charge on any atom is 2.00 e. The number of rotatable bonds is 0. The number of hydrogen-bond acceptors (Lipinski definition) is 6. The summed E-state index contributed by atoms with van der Waals surface area (Å²) in [4.78, 5) is 16.5. The van der Waals surface area contributed by atoms with Crippen LogP contribution in [0.25, 0.3) is 0 Å². The molecule has 0 aromatic carbocycles. The van der Waals surface area contributed by atoms with E-state index >= 15 is 0 Å². The molecular formula is CuN2NiO6+2. The van der Waals surface area contributed by atoms with Gasteiger partial charge in [0.1, 0.15) is 0 Å². The van der Waals surface area contributed by atoms with Crippen molar-refractivity contribution in [3.63, 3.8) is 0 Å². The van der Waals surface area contributed by atoms with E-state index < -0.39 is 10.2 Å². The molecular weight excluding hydrogens is 246 g/mol. The third kappa shape index (κ3) is 885. The van der Waals surface area contributed by atoms with Crippen LogP contribution in [0.1, 0.15) is 0 Å². The molecule has 0 spiro atoms. The smallest absolute Gasteiger partial charge is 0.356 e. The Bertz CT molecular complexity index is 73.7. The third-order valence-electron chi connectivity index (χ3n) is 0. The first-order chi connectivity index (χ1) is 3.46. The van der Waals surface area contributed by atoms with E-state index in [0.717, 1.165) is 0 Å². The molecule has 0 saturated heterocycles. The fourth-order valence-corrected chi connectivity index (χ4v) is 0. The second-order valence-electron chi connectivity index (χ2n) is 0.447. The summed E-state index contributed by atoms with van der Waals surface area (Å²) in [5.41, 5.74) is 0. The van der Waals surface area contributed by atoms with Crippen molar-refractivity contribution < 1.29 is 43.7 Å². The van der Waals surface area contributed by atoms with Crippen LogP contribution in [0.5, 0.6) is 0 Å². The minimum Gasteiger partial charge on any atom is -0.356 e. The standard InChI is InChI=1S/Cu.2NO3.Ni/c;2*2-1(3)4;/q+2;2*-1;+2. The molecule has 0 N–H and O–H groups in total. The summed E-state index contributed by atoms with van der Waals surface area (Å²) in [6, 6.07) is 0. The van der Waals surface area contributed by atoms with Crippen molar-refractivity contribution in [2.24, 2.45) is 0 Å². The van der Waals surface area contributed by atoms with E-state index in [1.54, 1.807) is 0 Å². The predicted octanol–water partition coefficient (Wildman–Crippen LogP) is -0.483. The van der Waals surface area contributed by atoms with Crippen molar-refractivity contribution in [3.05, 3.63) is 30.6 Å². The normalized spacial score (nSPS) is 4.80. The molecule has 0 heterocycles. The van der Waals surface area contributed by atoms with Gasteiger partial charge in [-0.2, -0.15) is 0 Å². The summed E-state index contributed by atoms with van der Waals surface area (Å²) in [5, 5.41) is 29.5. The van der Waals surface area contributed by atoms with Crippen LogP contribution < -0.4 is 0 Å². The van der Waals surface area contributed by atoms with Crippen LogP contribution in [0.4, 0.5) is 0 Å². The van der Waals surface area contributed by atoms with Gasteiger partial charge in [-0.05, 0) is 0 Å². The summed E-state index contributed by atoms with van der Waals surface area (Å²) in [5.74, 6) is 0. The summed E-state index contributed by atoms with van der Waals surface area (Å²) in [6.45, 7) is 0. The average Bonchev–Trinajstić information content (AvgIpc) is 1.25. The SMILES string of the molecule is O=[N+]([O-])[O-].O=[N+]([O-])[O-].[Cu+2].[Ni+2]. The average molecular weight is 246 g/mol. The van der Waals surface area contributed by atoms with E-state index in [-0.39, 0.29) is 33.6 Å². The Balaban J connectivity index is -0.0000000300. The first kappa shape index (κ1) is 22.7. The zero-order valence-corrected chi connectivity index (χ0v) is 5.89. The van der Waals surface area contributed by atoms with Crippen molar-refractivity contribution >= 4 is 0 Å². The second kappa shape index (κ2) is 15.8. The molecule has 0 saturated carbocycles. The summed E-state index contributed by atoms with van der Waals surface area (Å²) >= 11 is 0. The largest absolute Gasteiger partial charge is 2.00 e. The molecule has 0 aliphatic carbocycles. The van der Waals surface area contributed by atoms with Gasteiger partial charge < -0.3 is 30.6 Å². The molecule has 0 bridgehead atoms. The Hall–Kier alpha value is -0.587. The molecule has 0 aromatic heterocycles. The fourth-order valence-electron chi connectivity index (χ4n) is 0. The van der Waals surface area contributed by atoms with Gasteiger partial charge in [-0.25, -0.2) is 0 Å². The van der Waals surface area contributed by atoms with Gasteiger partial charge in [-0.15, -0.1) is 0 Å². The van der Waals surface area contributed by atoms with Crippen LogP contribution in [-0.4, -0.2) is 10.2 Å². The van der Waals surface area contributed by atoms with Crippen molar-refractivity contribution in [2.45, 2.75) is 0 Å². The summed E-state index contributed by atoms with van der Waals surface area (Å²) < 4.78 is 0. The van der Waals surface area contributed by atoms with E-state index in [0.29, 0.717) is 0 Å². The van der Waals surface area contributed by atoms with Gasteiger partial charge in [0, 0.05) is 0 Å². The molecule has 10 heteroatoms. The summed E-state index contributed by atoms with van der Waals surface area (Å²) in [7, 11) is 0. The van der Waals surface area contributed by atoms with Crippen molar-refractivity contribution in [2.75, 3.05) is 0 Å². The van der Waals surface area contributed by atoms with E-state index in [1.807, 2.05) is 0 Å². The van der Waals surface area contributed by atoms with Gasteiger partial charge in [-0.3, -0.25) is 0 Å². The maximum atomic E-state index is 8.25. The minimum atomic E-state index is -1.75. The van der Waals surface area contributed by atoms with Crippen molar-refractivity contribution in [3.8, 4) is 0 Å². The quantitative estimate of drug-likeness (QED) is 0.322. The first-order valence-corrected chi connectivity index (χ1v) is 1.10. The summed E-state index contributed by atoms with van der Waals surface area (Å²) in [6.07, 6.45) is 0. The molecule has 8 nitrogen and oxygen atoms in total. The Morgan fingerprint density at radius 3 is 0.800 bits per heavy atom. The molecule has 65 valence electrons. The van der Waals surface area contributed by atoms with Crippen LogP contribution in [0.2, 0.25) is 0 Å². The van der Waals surface area contributed by atoms with Crippen LogP contribution in [-0.2, 0) is 33.6 Å². The Morgan fingerprint density at radius 1 is 0.800 bits per heavy atom. The van der Waals surface area contributed by atoms with Crippen LogP contribution in [0.15, 0.2) is 0 Å². The van der Waals surface area contributed by atoms with Gasteiger partial charge in [-0.1, -0.05) is 0 Å². The van der Waals surface area contributed by atoms with Crippen LogP contribution in [0, 0.1) is 30.6 Å². The topological polar surface area (TPSA) is 132 Å². The minimum absolute atomic E-state index is 0. The molecule has 10 heavy (non-hydrogen) atoms. The molecule has 0 atom stereocenters. The van der Waals surface area contributed by atoms with Crippen LogP contribution in [0.3, 0.4) is 0 Å². The fraction of sp³-hybridized carbons (Fsp3) is 0. The zero-order valence-electron chi connectivity index (χ0n) is 3.96. The molecule has 0 aromatic rings. The molecule has 0 rings (SSSR count). The maximum absolute atomic E-state index is 8.25. The van der Waals surface area contributed by atoms with Gasteiger partial charge in [0.2, 0.25) is 0 Å². The predicted molar refractivity (Wildman–Crippen MR) is 20.7 cm³/mol. The third-order valence-corrected chi connectivity index (χ3v) is 0. The molecule has 0 aliphatic heterocycles. The van der Waals surface area contributed by atoms with Crippen LogP contribution >= 0.6 is 0 Å². The van der Waals surface area contributed by atoms with Gasteiger partial charge >= 0.3 is 33.6 Å². The molecule has 0 aliphatic rings. The van der Waals surface area contributed by atoms with E-state index in [9.17, 15) is 0 Å². The van der Waals surface area contributed by atoms with E-state index in [4.69, 9.17) is 30.6 Å². The van der Waals surface area contributed by atoms with Crippen molar-refractivity contribution in [1.82, 2.24) is 0 Å². The van der Waals surface area contributed by atoms with Gasteiger partial charge in [0.25, 0.3) is 0 Å². The molecule has 0 fully saturated rings.